The summed E-state index contributed by atoms with van der Waals surface area (Å²) in [5.74, 6) is 1.92. The molecule has 0 aliphatic carbocycles. The summed E-state index contributed by atoms with van der Waals surface area (Å²) >= 11 is 0. The molecule has 0 spiro atoms. The van der Waals surface area contributed by atoms with Crippen molar-refractivity contribution in [2.75, 3.05) is 0 Å². The van der Waals surface area contributed by atoms with Crippen LogP contribution in [0.4, 0.5) is 0 Å². The maximum atomic E-state index is 4.97. The van der Waals surface area contributed by atoms with Crippen LogP contribution in [-0.2, 0) is 0 Å². The number of rotatable bonds is 6. The van der Waals surface area contributed by atoms with Crippen LogP contribution in [0.2, 0.25) is 0 Å². The number of fused-ring (bicyclic) bond motifs is 4. The molecule has 0 fully saturated rings. The van der Waals surface area contributed by atoms with E-state index in [1.807, 2.05) is 85.1 Å². The summed E-state index contributed by atoms with van der Waals surface area (Å²) in [6.07, 6.45) is 4.13. The topological polar surface area (TPSA) is 60.9 Å². The molecule has 0 bridgehead atoms. The Morgan fingerprint density at radius 3 is 1.71 bits per heavy atom. The summed E-state index contributed by atoms with van der Waals surface area (Å²) in [5, 5.41) is 2.42. The molecule has 52 heavy (non-hydrogen) atoms. The zero-order valence-corrected chi connectivity index (χ0v) is 28.0. The van der Waals surface area contributed by atoms with Gasteiger partial charge in [0.15, 0.2) is 17.5 Å². The number of aromatic nitrogens is 6. The van der Waals surface area contributed by atoms with Crippen molar-refractivity contribution in [2.24, 2.45) is 0 Å². The molecule has 6 heteroatoms. The van der Waals surface area contributed by atoms with Gasteiger partial charge in [-0.1, -0.05) is 127 Å². The van der Waals surface area contributed by atoms with Crippen molar-refractivity contribution in [1.29, 1.82) is 0 Å². The highest BCUT2D eigenvalue weighted by Crippen LogP contribution is 2.36. The molecule has 4 aromatic heterocycles. The van der Waals surface area contributed by atoms with E-state index in [9.17, 15) is 0 Å². The molecule has 0 aliphatic rings. The molecule has 10 rings (SSSR count). The lowest BCUT2D eigenvalue weighted by molar-refractivity contribution is 1.07. The first kappa shape index (κ1) is 29.7. The van der Waals surface area contributed by atoms with Gasteiger partial charge in [-0.15, -0.1) is 0 Å². The molecule has 0 saturated carbocycles. The van der Waals surface area contributed by atoms with E-state index in [4.69, 9.17) is 19.9 Å². The van der Waals surface area contributed by atoms with E-state index in [-0.39, 0.29) is 0 Å². The van der Waals surface area contributed by atoms with Crippen molar-refractivity contribution in [3.63, 3.8) is 0 Å². The lowest BCUT2D eigenvalue weighted by atomic mass is 10.0. The number of imidazole rings is 1. The molecule has 10 aromatic rings. The quantitative estimate of drug-likeness (QED) is 0.177. The van der Waals surface area contributed by atoms with E-state index < -0.39 is 0 Å². The Kier molecular flexibility index (Phi) is 7.03. The highest BCUT2D eigenvalue weighted by molar-refractivity contribution is 6.10. The van der Waals surface area contributed by atoms with Crippen molar-refractivity contribution in [1.82, 2.24) is 28.9 Å². The Morgan fingerprint density at radius 2 is 0.962 bits per heavy atom. The van der Waals surface area contributed by atoms with Gasteiger partial charge in [-0.2, -0.15) is 0 Å². The van der Waals surface area contributed by atoms with E-state index in [0.29, 0.717) is 17.5 Å². The predicted octanol–water partition coefficient (Wildman–Crippen LogP) is 11.0. The molecule has 0 amide bonds. The van der Waals surface area contributed by atoms with Crippen LogP contribution >= 0.6 is 0 Å². The van der Waals surface area contributed by atoms with E-state index >= 15 is 0 Å². The number of benzene rings is 6. The molecule has 244 valence electrons. The second kappa shape index (κ2) is 12.3. The Morgan fingerprint density at radius 1 is 0.365 bits per heavy atom. The lowest BCUT2D eigenvalue weighted by Crippen LogP contribution is -2.00. The van der Waals surface area contributed by atoms with Crippen LogP contribution in [0, 0.1) is 0 Å². The number of pyridine rings is 1. The molecule has 6 aromatic carbocycles. The van der Waals surface area contributed by atoms with Gasteiger partial charge >= 0.3 is 0 Å². The highest BCUT2D eigenvalue weighted by Gasteiger charge is 2.16. The van der Waals surface area contributed by atoms with Crippen LogP contribution < -0.4 is 0 Å². The molecule has 0 saturated heterocycles. The third-order valence-corrected chi connectivity index (χ3v) is 9.59. The predicted molar refractivity (Wildman–Crippen MR) is 210 cm³/mol. The SMILES string of the molecule is c1ccc(-c2nc(-c3ccccc3)nc(-c3cccc(-c4cccc(-n5c6ccccc6c6ccc(-c7cn8ccccc8n7)cc65)c4)c3)n2)cc1. The third-order valence-electron chi connectivity index (χ3n) is 9.59. The van der Waals surface area contributed by atoms with Crippen molar-refractivity contribution in [3.8, 4) is 62.2 Å². The zero-order chi connectivity index (χ0) is 34.4. The fraction of sp³-hybridized carbons (Fsp3) is 0. The van der Waals surface area contributed by atoms with Crippen LogP contribution in [0.3, 0.4) is 0 Å². The largest absolute Gasteiger partial charge is 0.309 e. The van der Waals surface area contributed by atoms with Gasteiger partial charge < -0.3 is 8.97 Å². The second-order valence-electron chi connectivity index (χ2n) is 12.8. The fourth-order valence-corrected chi connectivity index (χ4v) is 7.08. The number of nitrogens with zero attached hydrogens (tertiary/aromatic N) is 6. The summed E-state index contributed by atoms with van der Waals surface area (Å²) in [4.78, 5) is 19.7. The van der Waals surface area contributed by atoms with Crippen LogP contribution in [0.15, 0.2) is 182 Å². The summed E-state index contributed by atoms with van der Waals surface area (Å²) in [5.41, 5.74) is 11.3. The molecule has 0 radical (unpaired) electrons. The van der Waals surface area contributed by atoms with Crippen LogP contribution in [0.5, 0.6) is 0 Å². The molecule has 4 heterocycles. The average molecular weight is 667 g/mol. The number of hydrogen-bond acceptors (Lipinski definition) is 4. The van der Waals surface area contributed by atoms with Crippen molar-refractivity contribution in [2.45, 2.75) is 0 Å². The standard InChI is InChI=1S/C46H30N6/c1-3-13-31(14-4-1)44-48-45(32-15-5-2-6-16-32)50-46(49-44)36-19-11-17-33(27-36)34-18-12-20-37(28-34)52-41-22-8-7-21-38(41)39-25-24-35(29-42(39)52)40-30-51-26-10-9-23-43(51)47-40/h1-30H. The van der Waals surface area contributed by atoms with E-state index in [0.717, 1.165) is 61.4 Å². The van der Waals surface area contributed by atoms with Gasteiger partial charge in [0.25, 0.3) is 0 Å². The minimum absolute atomic E-state index is 0.632. The monoisotopic (exact) mass is 666 g/mol. The lowest BCUT2D eigenvalue weighted by Gasteiger charge is -2.12. The summed E-state index contributed by atoms with van der Waals surface area (Å²) in [6, 6.07) is 58.7. The molecule has 0 atom stereocenters. The normalized spacial score (nSPS) is 11.5. The van der Waals surface area contributed by atoms with Crippen molar-refractivity contribution >= 4 is 27.5 Å². The first-order valence-corrected chi connectivity index (χ1v) is 17.3. The Bertz CT molecular complexity index is 2820. The number of hydrogen-bond donors (Lipinski definition) is 0. The summed E-state index contributed by atoms with van der Waals surface area (Å²) < 4.78 is 4.43. The van der Waals surface area contributed by atoms with E-state index in [2.05, 4.69) is 106 Å². The van der Waals surface area contributed by atoms with Crippen LogP contribution in [-0.4, -0.2) is 28.9 Å². The van der Waals surface area contributed by atoms with Gasteiger partial charge in [0.2, 0.25) is 0 Å². The fourth-order valence-electron chi connectivity index (χ4n) is 7.08. The third kappa shape index (κ3) is 5.22. The summed E-state index contributed by atoms with van der Waals surface area (Å²) in [7, 11) is 0. The number of para-hydroxylation sites is 1. The molecular weight excluding hydrogens is 637 g/mol. The van der Waals surface area contributed by atoms with Gasteiger partial charge in [0.1, 0.15) is 5.65 Å². The Hall–Kier alpha value is -7.18. The molecule has 0 N–H and O–H groups in total. The first-order valence-electron chi connectivity index (χ1n) is 17.3. The first-order chi connectivity index (χ1) is 25.7. The maximum Gasteiger partial charge on any atom is 0.164 e. The average Bonchev–Trinajstić information content (AvgIpc) is 3.81. The van der Waals surface area contributed by atoms with Gasteiger partial charge in [-0.05, 0) is 53.6 Å². The second-order valence-corrected chi connectivity index (χ2v) is 12.8. The van der Waals surface area contributed by atoms with Gasteiger partial charge in [0, 0.05) is 51.1 Å². The minimum atomic E-state index is 0.632. The molecule has 0 aliphatic heterocycles. The molecule has 6 nitrogen and oxygen atoms in total. The Labute approximate surface area is 300 Å². The van der Waals surface area contributed by atoms with Gasteiger partial charge in [0.05, 0.1) is 16.7 Å². The summed E-state index contributed by atoms with van der Waals surface area (Å²) in [6.45, 7) is 0. The van der Waals surface area contributed by atoms with Crippen LogP contribution in [0.25, 0.3) is 89.7 Å². The molecule has 0 unspecified atom stereocenters. The smallest absolute Gasteiger partial charge is 0.164 e. The zero-order valence-electron chi connectivity index (χ0n) is 28.0. The molecular formula is C46H30N6. The minimum Gasteiger partial charge on any atom is -0.309 e. The van der Waals surface area contributed by atoms with Gasteiger partial charge in [-0.3, -0.25) is 0 Å². The Balaban J connectivity index is 1.09. The van der Waals surface area contributed by atoms with Crippen LogP contribution in [0.1, 0.15) is 0 Å². The van der Waals surface area contributed by atoms with E-state index in [1.165, 1.54) is 10.8 Å². The highest BCUT2D eigenvalue weighted by atomic mass is 15.0. The van der Waals surface area contributed by atoms with Crippen molar-refractivity contribution in [3.05, 3.63) is 182 Å². The van der Waals surface area contributed by atoms with E-state index in [1.54, 1.807) is 0 Å². The van der Waals surface area contributed by atoms with Gasteiger partial charge in [-0.25, -0.2) is 19.9 Å². The maximum absolute atomic E-state index is 4.97. The van der Waals surface area contributed by atoms with Crippen molar-refractivity contribution < 1.29 is 0 Å².